The molecule has 0 N–H and O–H groups in total. The van der Waals surface area contributed by atoms with E-state index in [4.69, 9.17) is 13.9 Å². The molecule has 0 aliphatic rings. The van der Waals surface area contributed by atoms with Gasteiger partial charge in [0.1, 0.15) is 24.5 Å². The molecule has 0 saturated heterocycles. The van der Waals surface area contributed by atoms with Gasteiger partial charge in [-0.15, -0.1) is 0 Å². The molecule has 0 radical (unpaired) electrons. The van der Waals surface area contributed by atoms with Crippen LogP contribution < -0.4 is 10.4 Å². The summed E-state index contributed by atoms with van der Waals surface area (Å²) in [5.74, 6) is 0.227. The standard InChI is InChI=1S/C23H20O5/c1-3-12-26-19-8-5-17(6-9-19)7-11-22(24)27-15-18-14-23(25)28-21-13-16(2)4-10-20(18)21/h3-11,13-14H,1,12,15H2,2H3/b11-7+. The maximum Gasteiger partial charge on any atom is 0.336 e. The first kappa shape index (κ1) is 19.2. The van der Waals surface area contributed by atoms with E-state index in [0.29, 0.717) is 17.8 Å². The molecule has 28 heavy (non-hydrogen) atoms. The van der Waals surface area contributed by atoms with Crippen LogP contribution in [0, 0.1) is 6.92 Å². The van der Waals surface area contributed by atoms with Crippen molar-refractivity contribution in [2.24, 2.45) is 0 Å². The molecule has 142 valence electrons. The normalized spacial score (nSPS) is 10.9. The Morgan fingerprint density at radius 2 is 1.93 bits per heavy atom. The van der Waals surface area contributed by atoms with Crippen LogP contribution >= 0.6 is 0 Å². The van der Waals surface area contributed by atoms with Crippen molar-refractivity contribution < 1.29 is 18.7 Å². The van der Waals surface area contributed by atoms with Crippen LogP contribution in [0.5, 0.6) is 5.75 Å². The van der Waals surface area contributed by atoms with Crippen molar-refractivity contribution in [3.63, 3.8) is 0 Å². The summed E-state index contributed by atoms with van der Waals surface area (Å²) in [7, 11) is 0. The van der Waals surface area contributed by atoms with Gasteiger partial charge in [0, 0.05) is 23.1 Å². The van der Waals surface area contributed by atoms with Gasteiger partial charge in [0.15, 0.2) is 0 Å². The Kier molecular flexibility index (Phi) is 6.07. The maximum absolute atomic E-state index is 12.0. The van der Waals surface area contributed by atoms with Crippen molar-refractivity contribution in [3.05, 3.63) is 94.4 Å². The Morgan fingerprint density at radius 3 is 2.68 bits per heavy atom. The van der Waals surface area contributed by atoms with Crippen molar-refractivity contribution in [1.29, 1.82) is 0 Å². The highest BCUT2D eigenvalue weighted by molar-refractivity contribution is 5.87. The Labute approximate surface area is 162 Å². The quantitative estimate of drug-likeness (QED) is 0.264. The fourth-order valence-electron chi connectivity index (χ4n) is 2.65. The van der Waals surface area contributed by atoms with Crippen molar-refractivity contribution in [1.82, 2.24) is 0 Å². The molecule has 0 atom stereocenters. The van der Waals surface area contributed by atoms with E-state index in [0.717, 1.165) is 22.3 Å². The molecule has 3 aromatic rings. The van der Waals surface area contributed by atoms with Gasteiger partial charge in [-0.25, -0.2) is 9.59 Å². The third kappa shape index (κ3) is 4.98. The molecule has 0 aliphatic heterocycles. The highest BCUT2D eigenvalue weighted by Gasteiger charge is 2.08. The Hall–Kier alpha value is -3.60. The minimum Gasteiger partial charge on any atom is -0.490 e. The molecule has 0 fully saturated rings. The van der Waals surface area contributed by atoms with E-state index in [1.807, 2.05) is 43.3 Å². The summed E-state index contributed by atoms with van der Waals surface area (Å²) in [5, 5.41) is 0.747. The molecule has 5 heteroatoms. The second-order valence-electron chi connectivity index (χ2n) is 6.20. The topological polar surface area (TPSA) is 65.7 Å². The molecule has 0 spiro atoms. The zero-order chi connectivity index (χ0) is 19.9. The number of esters is 1. The van der Waals surface area contributed by atoms with Crippen LogP contribution in [0.3, 0.4) is 0 Å². The molecule has 0 amide bonds. The molecule has 5 nitrogen and oxygen atoms in total. The van der Waals surface area contributed by atoms with Crippen LogP contribution in [-0.2, 0) is 16.1 Å². The van der Waals surface area contributed by atoms with E-state index in [-0.39, 0.29) is 6.61 Å². The highest BCUT2D eigenvalue weighted by Crippen LogP contribution is 2.19. The zero-order valence-corrected chi connectivity index (χ0v) is 15.5. The van der Waals surface area contributed by atoms with E-state index in [2.05, 4.69) is 6.58 Å². The lowest BCUT2D eigenvalue weighted by molar-refractivity contribution is -0.138. The van der Waals surface area contributed by atoms with Crippen LogP contribution in [-0.4, -0.2) is 12.6 Å². The predicted octanol–water partition coefficient (Wildman–Crippen LogP) is 4.42. The monoisotopic (exact) mass is 376 g/mol. The van der Waals surface area contributed by atoms with Gasteiger partial charge in [0.2, 0.25) is 0 Å². The molecule has 1 heterocycles. The van der Waals surface area contributed by atoms with E-state index >= 15 is 0 Å². The fraction of sp³-hybridized carbons (Fsp3) is 0.130. The van der Waals surface area contributed by atoms with Gasteiger partial charge >= 0.3 is 11.6 Å². The maximum atomic E-state index is 12.0. The Balaban J connectivity index is 1.64. The number of hydrogen-bond acceptors (Lipinski definition) is 5. The van der Waals surface area contributed by atoms with Crippen LogP contribution in [0.15, 0.2) is 76.5 Å². The Bertz CT molecular complexity index is 1070. The van der Waals surface area contributed by atoms with Gasteiger partial charge in [-0.3, -0.25) is 0 Å². The third-order valence-corrected chi connectivity index (χ3v) is 4.02. The number of carbonyl (C=O) groups excluding carboxylic acids is 1. The summed E-state index contributed by atoms with van der Waals surface area (Å²) in [6.07, 6.45) is 4.67. The number of rotatable bonds is 7. The van der Waals surface area contributed by atoms with Gasteiger partial charge in [-0.1, -0.05) is 36.9 Å². The summed E-state index contributed by atoms with van der Waals surface area (Å²) in [6.45, 7) is 5.94. The second-order valence-corrected chi connectivity index (χ2v) is 6.20. The van der Waals surface area contributed by atoms with E-state index in [1.165, 1.54) is 12.1 Å². The minimum absolute atomic E-state index is 0.0112. The molecule has 1 aromatic heterocycles. The van der Waals surface area contributed by atoms with Crippen molar-refractivity contribution in [2.45, 2.75) is 13.5 Å². The first-order valence-corrected chi connectivity index (χ1v) is 8.77. The van der Waals surface area contributed by atoms with E-state index < -0.39 is 11.6 Å². The first-order chi connectivity index (χ1) is 13.5. The SMILES string of the molecule is C=CCOc1ccc(/C=C/C(=O)OCc2cc(=O)oc3cc(C)ccc23)cc1. The number of ether oxygens (including phenoxy) is 2. The summed E-state index contributed by atoms with van der Waals surface area (Å²) in [4.78, 5) is 23.8. The lowest BCUT2D eigenvalue weighted by Crippen LogP contribution is -2.05. The van der Waals surface area contributed by atoms with Gasteiger partial charge < -0.3 is 13.9 Å². The average Bonchev–Trinajstić information content (AvgIpc) is 2.69. The number of benzene rings is 2. The number of carbonyl (C=O) groups is 1. The first-order valence-electron chi connectivity index (χ1n) is 8.77. The molecule has 0 aliphatic carbocycles. The largest absolute Gasteiger partial charge is 0.490 e. The van der Waals surface area contributed by atoms with Gasteiger partial charge in [0.25, 0.3) is 0 Å². The van der Waals surface area contributed by atoms with E-state index in [1.54, 1.807) is 18.2 Å². The van der Waals surface area contributed by atoms with Gasteiger partial charge in [-0.05, 0) is 42.3 Å². The molecule has 3 rings (SSSR count). The summed E-state index contributed by atoms with van der Waals surface area (Å²) < 4.78 is 15.9. The lowest BCUT2D eigenvalue weighted by Gasteiger charge is -2.06. The number of fused-ring (bicyclic) bond motifs is 1. The van der Waals surface area contributed by atoms with Crippen LogP contribution in [0.1, 0.15) is 16.7 Å². The molecule has 2 aromatic carbocycles. The summed E-state index contributed by atoms with van der Waals surface area (Å²) in [6, 6.07) is 14.2. The predicted molar refractivity (Wildman–Crippen MR) is 108 cm³/mol. The average molecular weight is 376 g/mol. The second kappa shape index (κ2) is 8.86. The smallest absolute Gasteiger partial charge is 0.336 e. The van der Waals surface area contributed by atoms with Gasteiger partial charge in [0.05, 0.1) is 0 Å². The minimum atomic E-state index is -0.500. The van der Waals surface area contributed by atoms with Crippen molar-refractivity contribution >= 4 is 23.0 Å². The summed E-state index contributed by atoms with van der Waals surface area (Å²) >= 11 is 0. The number of hydrogen-bond donors (Lipinski definition) is 0. The third-order valence-electron chi connectivity index (χ3n) is 4.02. The van der Waals surface area contributed by atoms with Crippen LogP contribution in [0.2, 0.25) is 0 Å². The molecule has 0 bridgehead atoms. The van der Waals surface area contributed by atoms with E-state index in [9.17, 15) is 9.59 Å². The molecular weight excluding hydrogens is 356 g/mol. The number of aryl methyl sites for hydroxylation is 1. The molecular formula is C23H20O5. The van der Waals surface area contributed by atoms with Gasteiger partial charge in [-0.2, -0.15) is 0 Å². The zero-order valence-electron chi connectivity index (χ0n) is 15.5. The van der Waals surface area contributed by atoms with Crippen LogP contribution in [0.25, 0.3) is 17.0 Å². The van der Waals surface area contributed by atoms with Crippen LogP contribution in [0.4, 0.5) is 0 Å². The Morgan fingerprint density at radius 1 is 1.14 bits per heavy atom. The molecule has 0 unspecified atom stereocenters. The summed E-state index contributed by atoms with van der Waals surface area (Å²) in [5.41, 5.74) is 2.43. The fourth-order valence-corrected chi connectivity index (χ4v) is 2.65. The lowest BCUT2D eigenvalue weighted by atomic mass is 10.1. The highest BCUT2D eigenvalue weighted by atomic mass is 16.5. The molecule has 0 saturated carbocycles. The van der Waals surface area contributed by atoms with Crippen molar-refractivity contribution in [2.75, 3.05) is 6.61 Å². The van der Waals surface area contributed by atoms with Crippen molar-refractivity contribution in [3.8, 4) is 5.75 Å².